The minimum Gasteiger partial charge on any atom is -0.376 e. The van der Waals surface area contributed by atoms with E-state index in [1.165, 1.54) is 6.42 Å². The van der Waals surface area contributed by atoms with Gasteiger partial charge in [-0.25, -0.2) is 0 Å². The maximum absolute atomic E-state index is 10.5. The Morgan fingerprint density at radius 2 is 1.58 bits per heavy atom. The fraction of sp³-hybridized carbons (Fsp3) is 0.429. The molecular formula is C21H26O2Si. The lowest BCUT2D eigenvalue weighted by Gasteiger charge is -2.14. The van der Waals surface area contributed by atoms with Gasteiger partial charge in [0.25, 0.3) is 0 Å². The molecule has 2 rings (SSSR count). The van der Waals surface area contributed by atoms with Crippen molar-refractivity contribution in [2.75, 3.05) is 0 Å². The van der Waals surface area contributed by atoms with Gasteiger partial charge in [-0.05, 0) is 42.4 Å². The topological polar surface area (TPSA) is 40.5 Å². The van der Waals surface area contributed by atoms with Crippen LogP contribution in [0.2, 0.25) is 19.6 Å². The summed E-state index contributed by atoms with van der Waals surface area (Å²) in [7, 11) is -1.55. The van der Waals surface area contributed by atoms with Crippen LogP contribution in [0.25, 0.3) is 0 Å². The zero-order valence-corrected chi connectivity index (χ0v) is 15.8. The molecule has 126 valence electrons. The maximum atomic E-state index is 10.5. The normalized spacial score (nSPS) is 16.8. The SMILES string of the molecule is C[Si](C)(C)C#CC(O)c1ccccc1C(O)C#CC1=CCCCC1. The van der Waals surface area contributed by atoms with Crippen LogP contribution in [0.3, 0.4) is 0 Å². The Morgan fingerprint density at radius 3 is 2.12 bits per heavy atom. The van der Waals surface area contributed by atoms with Gasteiger partial charge in [-0.1, -0.05) is 67.7 Å². The Bertz CT molecular complexity index is 720. The fourth-order valence-corrected chi connectivity index (χ4v) is 3.13. The van der Waals surface area contributed by atoms with E-state index in [4.69, 9.17) is 0 Å². The molecule has 0 heterocycles. The standard InChI is InChI=1S/C21H26O2Si/c1-24(2,3)16-15-21(23)19-12-8-7-11-18(19)20(22)14-13-17-9-5-4-6-10-17/h7-9,11-12,20-23H,4-6,10H2,1-3H3. The van der Waals surface area contributed by atoms with Gasteiger partial charge in [-0.3, -0.25) is 0 Å². The third kappa shape index (κ3) is 5.69. The second kappa shape index (κ2) is 8.35. The molecule has 0 amide bonds. The number of benzene rings is 1. The van der Waals surface area contributed by atoms with Crippen LogP contribution in [0.1, 0.15) is 49.0 Å². The van der Waals surface area contributed by atoms with Gasteiger partial charge < -0.3 is 10.2 Å². The lowest BCUT2D eigenvalue weighted by Crippen LogP contribution is -2.17. The van der Waals surface area contributed by atoms with Crippen molar-refractivity contribution in [2.24, 2.45) is 0 Å². The molecular weight excluding hydrogens is 312 g/mol. The van der Waals surface area contributed by atoms with Crippen molar-refractivity contribution in [3.05, 3.63) is 47.0 Å². The van der Waals surface area contributed by atoms with Crippen molar-refractivity contribution in [1.29, 1.82) is 0 Å². The molecule has 0 spiro atoms. The third-order valence-electron chi connectivity index (χ3n) is 3.83. The molecule has 0 radical (unpaired) electrons. The molecule has 0 aliphatic heterocycles. The molecule has 0 saturated carbocycles. The Kier molecular flexibility index (Phi) is 6.46. The van der Waals surface area contributed by atoms with Crippen LogP contribution >= 0.6 is 0 Å². The monoisotopic (exact) mass is 338 g/mol. The Morgan fingerprint density at radius 1 is 0.958 bits per heavy atom. The van der Waals surface area contributed by atoms with Crippen molar-refractivity contribution >= 4 is 8.07 Å². The first kappa shape index (κ1) is 18.6. The highest BCUT2D eigenvalue weighted by Gasteiger charge is 2.16. The molecule has 3 heteroatoms. The zero-order chi connectivity index (χ0) is 17.6. The predicted octanol–water partition coefficient (Wildman–Crippen LogP) is 4.14. The fourth-order valence-electron chi connectivity index (χ4n) is 2.56. The van der Waals surface area contributed by atoms with E-state index in [9.17, 15) is 10.2 Å². The molecule has 2 nitrogen and oxygen atoms in total. The first-order valence-corrected chi connectivity index (χ1v) is 12.0. The molecule has 2 atom stereocenters. The van der Waals surface area contributed by atoms with Gasteiger partial charge in [0.05, 0.1) is 0 Å². The van der Waals surface area contributed by atoms with Crippen molar-refractivity contribution in [2.45, 2.75) is 57.5 Å². The summed E-state index contributed by atoms with van der Waals surface area (Å²) in [6.07, 6.45) is 4.80. The van der Waals surface area contributed by atoms with Crippen LogP contribution in [0.15, 0.2) is 35.9 Å². The van der Waals surface area contributed by atoms with E-state index in [0.29, 0.717) is 11.1 Å². The molecule has 2 N–H and O–H groups in total. The van der Waals surface area contributed by atoms with Crippen LogP contribution in [0.4, 0.5) is 0 Å². The van der Waals surface area contributed by atoms with Crippen LogP contribution in [-0.2, 0) is 0 Å². The van der Waals surface area contributed by atoms with E-state index in [-0.39, 0.29) is 0 Å². The first-order chi connectivity index (χ1) is 11.4. The summed E-state index contributed by atoms with van der Waals surface area (Å²) in [5, 5.41) is 20.9. The molecule has 0 aromatic heterocycles. The van der Waals surface area contributed by atoms with Gasteiger partial charge >= 0.3 is 0 Å². The molecule has 24 heavy (non-hydrogen) atoms. The zero-order valence-electron chi connectivity index (χ0n) is 14.8. The van der Waals surface area contributed by atoms with Gasteiger partial charge in [0, 0.05) is 0 Å². The van der Waals surface area contributed by atoms with Crippen molar-refractivity contribution < 1.29 is 10.2 Å². The van der Waals surface area contributed by atoms with E-state index in [1.807, 2.05) is 24.3 Å². The molecule has 0 fully saturated rings. The van der Waals surface area contributed by atoms with Gasteiger partial charge in [0.2, 0.25) is 0 Å². The summed E-state index contributed by atoms with van der Waals surface area (Å²) in [5.74, 6) is 8.95. The van der Waals surface area contributed by atoms with Gasteiger partial charge in [-0.15, -0.1) is 5.54 Å². The van der Waals surface area contributed by atoms with Crippen LogP contribution in [0, 0.1) is 23.3 Å². The number of aliphatic hydroxyl groups excluding tert-OH is 2. The summed E-state index contributed by atoms with van der Waals surface area (Å²) >= 11 is 0. The van der Waals surface area contributed by atoms with Crippen LogP contribution in [-0.4, -0.2) is 18.3 Å². The van der Waals surface area contributed by atoms with Gasteiger partial charge in [0.15, 0.2) is 0 Å². The predicted molar refractivity (Wildman–Crippen MR) is 102 cm³/mol. The Labute approximate surface area is 146 Å². The minimum atomic E-state index is -1.55. The first-order valence-electron chi connectivity index (χ1n) is 8.55. The third-order valence-corrected chi connectivity index (χ3v) is 4.72. The van der Waals surface area contributed by atoms with Gasteiger partial charge in [0.1, 0.15) is 20.3 Å². The summed E-state index contributed by atoms with van der Waals surface area (Å²) in [6, 6.07) is 7.32. The maximum Gasteiger partial charge on any atom is 0.141 e. The van der Waals surface area contributed by atoms with E-state index in [2.05, 4.69) is 49.0 Å². The lowest BCUT2D eigenvalue weighted by atomic mass is 9.97. The summed E-state index contributed by atoms with van der Waals surface area (Å²) < 4.78 is 0. The number of allylic oxidation sites excluding steroid dienone is 2. The summed E-state index contributed by atoms with van der Waals surface area (Å²) in [4.78, 5) is 0. The average molecular weight is 339 g/mol. The number of hydrogen-bond acceptors (Lipinski definition) is 2. The second-order valence-corrected chi connectivity index (χ2v) is 11.9. The average Bonchev–Trinajstić information content (AvgIpc) is 2.58. The van der Waals surface area contributed by atoms with Crippen molar-refractivity contribution in [1.82, 2.24) is 0 Å². The van der Waals surface area contributed by atoms with E-state index >= 15 is 0 Å². The van der Waals surface area contributed by atoms with Crippen molar-refractivity contribution in [3.63, 3.8) is 0 Å². The molecule has 2 unspecified atom stereocenters. The van der Waals surface area contributed by atoms with Crippen LogP contribution < -0.4 is 0 Å². The lowest BCUT2D eigenvalue weighted by molar-refractivity contribution is 0.215. The molecule has 0 bridgehead atoms. The highest BCUT2D eigenvalue weighted by molar-refractivity contribution is 6.83. The minimum absolute atomic E-state index is 0.638. The highest BCUT2D eigenvalue weighted by atomic mass is 28.3. The Balaban J connectivity index is 2.23. The van der Waals surface area contributed by atoms with Crippen LogP contribution in [0.5, 0.6) is 0 Å². The van der Waals surface area contributed by atoms with E-state index in [0.717, 1.165) is 24.8 Å². The Hall–Kier alpha value is -1.78. The highest BCUT2D eigenvalue weighted by Crippen LogP contribution is 2.24. The smallest absolute Gasteiger partial charge is 0.141 e. The number of hydrogen-bond donors (Lipinski definition) is 2. The van der Waals surface area contributed by atoms with Gasteiger partial charge in [-0.2, -0.15) is 0 Å². The number of rotatable bonds is 2. The second-order valence-electron chi connectivity index (χ2n) is 7.20. The largest absolute Gasteiger partial charge is 0.376 e. The molecule has 1 aliphatic carbocycles. The van der Waals surface area contributed by atoms with E-state index in [1.54, 1.807) is 0 Å². The molecule has 1 aromatic carbocycles. The summed E-state index contributed by atoms with van der Waals surface area (Å²) in [5.41, 5.74) is 5.57. The van der Waals surface area contributed by atoms with E-state index < -0.39 is 20.3 Å². The summed E-state index contributed by atoms with van der Waals surface area (Å²) in [6.45, 7) is 6.41. The number of aliphatic hydroxyl groups is 2. The molecule has 0 saturated heterocycles. The molecule has 1 aromatic rings. The quantitative estimate of drug-likeness (QED) is 0.628. The molecule has 1 aliphatic rings. The van der Waals surface area contributed by atoms with Crippen molar-refractivity contribution in [3.8, 4) is 23.3 Å².